The third-order valence-electron chi connectivity index (χ3n) is 4.31. The summed E-state index contributed by atoms with van der Waals surface area (Å²) < 4.78 is 10.3. The van der Waals surface area contributed by atoms with Gasteiger partial charge in [0.05, 0.1) is 13.2 Å². The van der Waals surface area contributed by atoms with E-state index in [2.05, 4.69) is 10.6 Å². The Bertz CT molecular complexity index is 279. The molecular formula is C16H32N2O3. The molecule has 0 aromatic carbocycles. The van der Waals surface area contributed by atoms with Gasteiger partial charge in [-0.3, -0.25) is 4.79 Å². The molecule has 21 heavy (non-hydrogen) atoms. The van der Waals surface area contributed by atoms with Crippen LogP contribution in [-0.4, -0.2) is 52.0 Å². The summed E-state index contributed by atoms with van der Waals surface area (Å²) in [7, 11) is 3.65. The Morgan fingerprint density at radius 2 is 1.86 bits per heavy atom. The van der Waals surface area contributed by atoms with E-state index in [4.69, 9.17) is 9.47 Å². The van der Waals surface area contributed by atoms with E-state index >= 15 is 0 Å². The molecule has 124 valence electrons. The summed E-state index contributed by atoms with van der Waals surface area (Å²) in [4.78, 5) is 12.1. The van der Waals surface area contributed by atoms with Crippen molar-refractivity contribution in [2.75, 3.05) is 40.5 Å². The van der Waals surface area contributed by atoms with Crippen LogP contribution in [-0.2, 0) is 14.3 Å². The summed E-state index contributed by atoms with van der Waals surface area (Å²) in [5, 5.41) is 6.42. The van der Waals surface area contributed by atoms with Crippen LogP contribution in [0.15, 0.2) is 0 Å². The lowest BCUT2D eigenvalue weighted by molar-refractivity contribution is -0.122. The van der Waals surface area contributed by atoms with Crippen molar-refractivity contribution in [3.8, 4) is 0 Å². The first-order valence-corrected chi connectivity index (χ1v) is 8.25. The van der Waals surface area contributed by atoms with E-state index in [0.717, 1.165) is 38.8 Å². The van der Waals surface area contributed by atoms with Crippen LogP contribution in [0.5, 0.6) is 0 Å². The van der Waals surface area contributed by atoms with Crippen molar-refractivity contribution in [2.24, 2.45) is 0 Å². The minimum atomic E-state index is 0.0333. The number of carbonyl (C=O) groups is 1. The molecule has 0 aromatic heterocycles. The molecule has 1 amide bonds. The van der Waals surface area contributed by atoms with E-state index in [1.165, 1.54) is 19.3 Å². The summed E-state index contributed by atoms with van der Waals surface area (Å²) >= 11 is 0. The van der Waals surface area contributed by atoms with Crippen LogP contribution in [0.3, 0.4) is 0 Å². The number of rotatable bonds is 11. The maximum atomic E-state index is 12.1. The molecule has 0 saturated heterocycles. The standard InChI is InChI=1S/C16H32N2O3/c1-17-16(8-4-3-5-9-16)14-15(19)18-10-6-7-11-21-13-12-20-2/h17H,3-14H2,1-2H3,(H,18,19). The molecule has 5 nitrogen and oxygen atoms in total. The Morgan fingerprint density at radius 3 is 2.52 bits per heavy atom. The van der Waals surface area contributed by atoms with Crippen molar-refractivity contribution in [3.63, 3.8) is 0 Å². The molecular weight excluding hydrogens is 268 g/mol. The number of hydrogen-bond donors (Lipinski definition) is 2. The molecule has 1 rings (SSSR count). The number of methoxy groups -OCH3 is 1. The molecule has 1 aliphatic rings. The number of hydrogen-bond acceptors (Lipinski definition) is 4. The molecule has 0 bridgehead atoms. The van der Waals surface area contributed by atoms with Crippen molar-refractivity contribution < 1.29 is 14.3 Å². The molecule has 0 aliphatic heterocycles. The lowest BCUT2D eigenvalue weighted by Gasteiger charge is -2.36. The normalized spacial score (nSPS) is 17.6. The average molecular weight is 300 g/mol. The summed E-state index contributed by atoms with van der Waals surface area (Å²) in [5.74, 6) is 0.173. The van der Waals surface area contributed by atoms with Crippen LogP contribution in [0.25, 0.3) is 0 Å². The first-order valence-electron chi connectivity index (χ1n) is 8.25. The Hall–Kier alpha value is -0.650. The van der Waals surface area contributed by atoms with E-state index in [1.54, 1.807) is 7.11 Å². The number of unbranched alkanes of at least 4 members (excludes halogenated alkanes) is 1. The lowest BCUT2D eigenvalue weighted by atomic mass is 9.79. The highest BCUT2D eigenvalue weighted by Crippen LogP contribution is 2.30. The van der Waals surface area contributed by atoms with Crippen LogP contribution in [0, 0.1) is 0 Å². The van der Waals surface area contributed by atoms with Crippen LogP contribution in [0.4, 0.5) is 0 Å². The van der Waals surface area contributed by atoms with Crippen molar-refractivity contribution >= 4 is 5.91 Å². The second-order valence-corrected chi connectivity index (χ2v) is 5.93. The molecule has 1 saturated carbocycles. The number of ether oxygens (including phenoxy) is 2. The van der Waals surface area contributed by atoms with Crippen LogP contribution in [0.2, 0.25) is 0 Å². The molecule has 5 heteroatoms. The summed E-state index contributed by atoms with van der Waals surface area (Å²) in [6, 6.07) is 0. The van der Waals surface area contributed by atoms with Gasteiger partial charge in [0.15, 0.2) is 0 Å². The third-order valence-corrected chi connectivity index (χ3v) is 4.31. The van der Waals surface area contributed by atoms with Gasteiger partial charge in [-0.2, -0.15) is 0 Å². The second-order valence-electron chi connectivity index (χ2n) is 5.93. The van der Waals surface area contributed by atoms with Gasteiger partial charge >= 0.3 is 0 Å². The highest BCUT2D eigenvalue weighted by molar-refractivity contribution is 5.77. The predicted molar refractivity (Wildman–Crippen MR) is 84.4 cm³/mol. The summed E-state index contributed by atoms with van der Waals surface area (Å²) in [6.45, 7) is 2.77. The quantitative estimate of drug-likeness (QED) is 0.572. The molecule has 0 spiro atoms. The molecule has 2 N–H and O–H groups in total. The van der Waals surface area contributed by atoms with Gasteiger partial charge in [-0.25, -0.2) is 0 Å². The van der Waals surface area contributed by atoms with Gasteiger partial charge in [-0.05, 0) is 32.7 Å². The molecule has 0 atom stereocenters. The molecule has 0 aromatic rings. The van der Waals surface area contributed by atoms with Gasteiger partial charge in [0, 0.05) is 32.2 Å². The predicted octanol–water partition coefficient (Wildman–Crippen LogP) is 1.86. The Balaban J connectivity index is 2.05. The monoisotopic (exact) mass is 300 g/mol. The topological polar surface area (TPSA) is 59.6 Å². The fourth-order valence-electron chi connectivity index (χ4n) is 2.91. The second kappa shape index (κ2) is 11.0. The Labute approximate surface area is 129 Å². The molecule has 0 unspecified atom stereocenters. The third kappa shape index (κ3) is 7.79. The lowest BCUT2D eigenvalue weighted by Crippen LogP contribution is -2.48. The zero-order valence-electron chi connectivity index (χ0n) is 13.7. The largest absolute Gasteiger partial charge is 0.382 e. The molecule has 1 aliphatic carbocycles. The van der Waals surface area contributed by atoms with Gasteiger partial charge in [0.1, 0.15) is 0 Å². The van der Waals surface area contributed by atoms with Gasteiger partial charge in [0.25, 0.3) is 0 Å². The molecule has 0 heterocycles. The number of carbonyl (C=O) groups excluding carboxylic acids is 1. The Morgan fingerprint density at radius 1 is 1.10 bits per heavy atom. The fraction of sp³-hybridized carbons (Fsp3) is 0.938. The van der Waals surface area contributed by atoms with Gasteiger partial charge < -0.3 is 20.1 Å². The zero-order chi connectivity index (χ0) is 15.4. The maximum absolute atomic E-state index is 12.1. The van der Waals surface area contributed by atoms with Crippen molar-refractivity contribution in [2.45, 2.75) is 56.9 Å². The summed E-state index contributed by atoms with van der Waals surface area (Å²) in [6.07, 6.45) is 8.53. The minimum Gasteiger partial charge on any atom is -0.382 e. The zero-order valence-corrected chi connectivity index (χ0v) is 13.7. The first-order chi connectivity index (χ1) is 10.2. The minimum absolute atomic E-state index is 0.0333. The van der Waals surface area contributed by atoms with E-state index in [0.29, 0.717) is 19.6 Å². The average Bonchev–Trinajstić information content (AvgIpc) is 2.51. The molecule has 1 fully saturated rings. The van der Waals surface area contributed by atoms with E-state index in [-0.39, 0.29) is 11.4 Å². The van der Waals surface area contributed by atoms with Crippen molar-refractivity contribution in [3.05, 3.63) is 0 Å². The number of amides is 1. The van der Waals surface area contributed by atoms with Gasteiger partial charge in [-0.1, -0.05) is 19.3 Å². The SMILES string of the molecule is CNC1(CC(=O)NCCCCOCCOC)CCCCC1. The van der Waals surface area contributed by atoms with Crippen molar-refractivity contribution in [1.82, 2.24) is 10.6 Å². The smallest absolute Gasteiger partial charge is 0.221 e. The van der Waals surface area contributed by atoms with E-state index in [9.17, 15) is 4.79 Å². The maximum Gasteiger partial charge on any atom is 0.221 e. The van der Waals surface area contributed by atoms with Gasteiger partial charge in [-0.15, -0.1) is 0 Å². The van der Waals surface area contributed by atoms with Crippen molar-refractivity contribution in [1.29, 1.82) is 0 Å². The summed E-state index contributed by atoms with van der Waals surface area (Å²) in [5.41, 5.74) is 0.0333. The van der Waals surface area contributed by atoms with Crippen LogP contribution in [0.1, 0.15) is 51.4 Å². The molecule has 0 radical (unpaired) electrons. The van der Waals surface area contributed by atoms with E-state index < -0.39 is 0 Å². The number of nitrogens with one attached hydrogen (secondary N) is 2. The Kier molecular flexibility index (Phi) is 9.63. The van der Waals surface area contributed by atoms with Crippen LogP contribution >= 0.6 is 0 Å². The van der Waals surface area contributed by atoms with Crippen LogP contribution < -0.4 is 10.6 Å². The fourth-order valence-corrected chi connectivity index (χ4v) is 2.91. The van der Waals surface area contributed by atoms with E-state index in [1.807, 2.05) is 7.05 Å². The first kappa shape index (κ1) is 18.4. The highest BCUT2D eigenvalue weighted by atomic mass is 16.5. The van der Waals surface area contributed by atoms with Gasteiger partial charge in [0.2, 0.25) is 5.91 Å². The highest BCUT2D eigenvalue weighted by Gasteiger charge is 2.32.